The maximum Gasteiger partial charge on any atom is 0.0105 e. The Kier molecular flexibility index (Phi) is 18.3. The summed E-state index contributed by atoms with van der Waals surface area (Å²) in [6, 6.07) is 0.758. The van der Waals surface area contributed by atoms with Gasteiger partial charge in [0.05, 0.1) is 0 Å². The molecule has 1 aliphatic rings. The molecule has 1 aliphatic heterocycles. The molecule has 0 aromatic heterocycles. The van der Waals surface area contributed by atoms with Crippen LogP contribution in [0.1, 0.15) is 68.7 Å². The number of nitrogens with zero attached hydrogens (tertiary/aromatic N) is 1. The smallest absolute Gasteiger partial charge is 0.0105 e. The van der Waals surface area contributed by atoms with Gasteiger partial charge in [0.1, 0.15) is 0 Å². The molecule has 1 heterocycles. The van der Waals surface area contributed by atoms with Crippen LogP contribution in [0.2, 0.25) is 0 Å². The van der Waals surface area contributed by atoms with Crippen LogP contribution in [0.5, 0.6) is 0 Å². The molecule has 0 radical (unpaired) electrons. The molecule has 0 aromatic rings. The average molecular weight is 287 g/mol. The average Bonchev–Trinajstić information content (AvgIpc) is 2.92. The predicted molar refractivity (Wildman–Crippen MR) is 96.5 cm³/mol. The summed E-state index contributed by atoms with van der Waals surface area (Å²) in [6.45, 7) is 21.3. The van der Waals surface area contributed by atoms with Gasteiger partial charge in [-0.15, -0.1) is 6.58 Å². The van der Waals surface area contributed by atoms with Crippen LogP contribution in [0.25, 0.3) is 0 Å². The Balaban J connectivity index is -0.000000595. The van der Waals surface area contributed by atoms with E-state index >= 15 is 0 Å². The minimum Gasteiger partial charge on any atom is -0.314 e. The van der Waals surface area contributed by atoms with E-state index in [4.69, 9.17) is 0 Å². The molecule has 0 aliphatic carbocycles. The van der Waals surface area contributed by atoms with Crippen LogP contribution in [0.3, 0.4) is 0 Å². The SMILES string of the molecule is C=CCCCN(CC)CCC1NCCC1C.CC.CC.[HH]. The van der Waals surface area contributed by atoms with Crippen LogP contribution < -0.4 is 5.32 Å². The first-order valence-corrected chi connectivity index (χ1v) is 8.84. The maximum atomic E-state index is 3.77. The Morgan fingerprint density at radius 2 is 1.90 bits per heavy atom. The summed E-state index contributed by atoms with van der Waals surface area (Å²) in [5.74, 6) is 0.867. The molecule has 1 fully saturated rings. The second kappa shape index (κ2) is 16.7. The fraction of sp³-hybridized carbons (Fsp3) is 0.889. The van der Waals surface area contributed by atoms with E-state index in [1.807, 2.05) is 33.8 Å². The van der Waals surface area contributed by atoms with Gasteiger partial charge in [0, 0.05) is 7.47 Å². The van der Waals surface area contributed by atoms with Crippen molar-refractivity contribution in [3.63, 3.8) is 0 Å². The van der Waals surface area contributed by atoms with Crippen molar-refractivity contribution < 1.29 is 1.43 Å². The highest BCUT2D eigenvalue weighted by Crippen LogP contribution is 2.17. The van der Waals surface area contributed by atoms with Crippen LogP contribution in [0.4, 0.5) is 0 Å². The van der Waals surface area contributed by atoms with Crippen molar-refractivity contribution in [1.29, 1.82) is 0 Å². The Morgan fingerprint density at radius 1 is 1.25 bits per heavy atom. The molecule has 2 atom stereocenters. The van der Waals surface area contributed by atoms with Gasteiger partial charge in [-0.2, -0.15) is 0 Å². The van der Waals surface area contributed by atoms with Gasteiger partial charge in [0.15, 0.2) is 0 Å². The summed E-state index contributed by atoms with van der Waals surface area (Å²) in [6.07, 6.45) is 7.09. The van der Waals surface area contributed by atoms with E-state index in [1.54, 1.807) is 0 Å². The molecule has 1 saturated heterocycles. The number of rotatable bonds is 8. The third kappa shape index (κ3) is 10.4. The van der Waals surface area contributed by atoms with Crippen LogP contribution >= 0.6 is 0 Å². The summed E-state index contributed by atoms with van der Waals surface area (Å²) in [5.41, 5.74) is 0. The highest BCUT2D eigenvalue weighted by atomic mass is 15.1. The van der Waals surface area contributed by atoms with Gasteiger partial charge in [0.2, 0.25) is 0 Å². The van der Waals surface area contributed by atoms with E-state index in [2.05, 4.69) is 30.6 Å². The molecule has 0 amide bonds. The lowest BCUT2D eigenvalue weighted by atomic mass is 10.0. The van der Waals surface area contributed by atoms with Gasteiger partial charge in [0.25, 0.3) is 0 Å². The zero-order chi connectivity index (χ0) is 15.8. The molecule has 0 aromatic carbocycles. The fourth-order valence-electron chi connectivity index (χ4n) is 2.49. The van der Waals surface area contributed by atoms with Crippen molar-refractivity contribution in [2.45, 2.75) is 73.3 Å². The van der Waals surface area contributed by atoms with Gasteiger partial charge in [-0.25, -0.2) is 0 Å². The van der Waals surface area contributed by atoms with Crippen molar-refractivity contribution in [2.24, 2.45) is 5.92 Å². The molecular formula is C18H42N2. The van der Waals surface area contributed by atoms with E-state index in [0.29, 0.717) is 0 Å². The van der Waals surface area contributed by atoms with Crippen molar-refractivity contribution in [2.75, 3.05) is 26.2 Å². The fourth-order valence-corrected chi connectivity index (χ4v) is 2.49. The third-order valence-corrected chi connectivity index (χ3v) is 3.78. The maximum absolute atomic E-state index is 3.77. The third-order valence-electron chi connectivity index (χ3n) is 3.78. The van der Waals surface area contributed by atoms with E-state index < -0.39 is 0 Å². The van der Waals surface area contributed by atoms with Crippen LogP contribution in [-0.4, -0.2) is 37.1 Å². The van der Waals surface area contributed by atoms with E-state index in [9.17, 15) is 0 Å². The second-order valence-corrected chi connectivity index (χ2v) is 4.98. The largest absolute Gasteiger partial charge is 0.314 e. The first-order chi connectivity index (χ1) is 9.77. The number of hydrogen-bond donors (Lipinski definition) is 1. The van der Waals surface area contributed by atoms with Gasteiger partial charge < -0.3 is 10.2 Å². The van der Waals surface area contributed by atoms with Crippen LogP contribution in [0.15, 0.2) is 12.7 Å². The summed E-state index contributed by atoms with van der Waals surface area (Å²) in [7, 11) is 0. The molecule has 1 rings (SSSR count). The first-order valence-electron chi connectivity index (χ1n) is 8.84. The number of unbranched alkanes of at least 4 members (excludes halogenated alkanes) is 1. The van der Waals surface area contributed by atoms with Crippen molar-refractivity contribution in [3.05, 3.63) is 12.7 Å². The Bertz CT molecular complexity index is 198. The summed E-state index contributed by atoms with van der Waals surface area (Å²) >= 11 is 0. The molecule has 124 valence electrons. The van der Waals surface area contributed by atoms with Gasteiger partial charge >= 0.3 is 0 Å². The molecule has 0 saturated carbocycles. The molecule has 1 N–H and O–H groups in total. The molecule has 2 heteroatoms. The number of hydrogen-bond acceptors (Lipinski definition) is 2. The lowest BCUT2D eigenvalue weighted by Gasteiger charge is -2.23. The van der Waals surface area contributed by atoms with Gasteiger partial charge in [-0.3, -0.25) is 0 Å². The van der Waals surface area contributed by atoms with Crippen molar-refractivity contribution in [3.8, 4) is 0 Å². The first kappa shape index (κ1) is 21.9. The zero-order valence-electron chi connectivity index (χ0n) is 15.0. The Morgan fingerprint density at radius 3 is 2.35 bits per heavy atom. The van der Waals surface area contributed by atoms with Gasteiger partial charge in [-0.1, -0.05) is 47.6 Å². The minimum absolute atomic E-state index is 0. The van der Waals surface area contributed by atoms with E-state index in [1.165, 1.54) is 45.4 Å². The highest BCUT2D eigenvalue weighted by molar-refractivity contribution is 4.81. The number of nitrogens with one attached hydrogen (secondary N) is 1. The zero-order valence-corrected chi connectivity index (χ0v) is 15.0. The second-order valence-electron chi connectivity index (χ2n) is 4.98. The Labute approximate surface area is 130 Å². The highest BCUT2D eigenvalue weighted by Gasteiger charge is 2.22. The monoisotopic (exact) mass is 286 g/mol. The number of allylic oxidation sites excluding steroid dienone is 1. The Hall–Kier alpha value is -0.340. The minimum atomic E-state index is 0. The summed E-state index contributed by atoms with van der Waals surface area (Å²) < 4.78 is 0. The predicted octanol–water partition coefficient (Wildman–Crippen LogP) is 4.96. The summed E-state index contributed by atoms with van der Waals surface area (Å²) in [4.78, 5) is 2.57. The molecule has 0 bridgehead atoms. The van der Waals surface area contributed by atoms with Crippen LogP contribution in [0, 0.1) is 5.92 Å². The molecular weight excluding hydrogens is 244 g/mol. The molecule has 20 heavy (non-hydrogen) atoms. The van der Waals surface area contributed by atoms with Crippen molar-refractivity contribution >= 4 is 0 Å². The molecule has 2 nitrogen and oxygen atoms in total. The lowest BCUT2D eigenvalue weighted by Crippen LogP contribution is -2.33. The van der Waals surface area contributed by atoms with Gasteiger partial charge in [-0.05, 0) is 57.8 Å². The summed E-state index contributed by atoms with van der Waals surface area (Å²) in [5, 5.41) is 3.61. The van der Waals surface area contributed by atoms with E-state index in [-0.39, 0.29) is 1.43 Å². The normalized spacial score (nSPS) is 20.8. The standard InChI is InChI=1S/C14H28N2.2C2H6.H2/c1-4-6-7-11-16(5-2)12-9-14-13(3)8-10-15-14;2*1-2;/h4,13-15H,1,5-12H2,2-3H3;2*1-2H3;1H. The molecule has 0 spiro atoms. The van der Waals surface area contributed by atoms with Crippen molar-refractivity contribution in [1.82, 2.24) is 10.2 Å². The van der Waals surface area contributed by atoms with E-state index in [0.717, 1.165) is 18.4 Å². The topological polar surface area (TPSA) is 15.3 Å². The lowest BCUT2D eigenvalue weighted by molar-refractivity contribution is 0.261. The van der Waals surface area contributed by atoms with Crippen LogP contribution in [-0.2, 0) is 0 Å². The quantitative estimate of drug-likeness (QED) is 0.501. The molecule has 2 unspecified atom stereocenters.